The summed E-state index contributed by atoms with van der Waals surface area (Å²) in [5, 5.41) is 19.2. The molecule has 3 aromatic carbocycles. The Labute approximate surface area is 222 Å². The lowest BCUT2D eigenvalue weighted by atomic mass is 9.76. The van der Waals surface area contributed by atoms with Gasteiger partial charge in [-0.15, -0.1) is 0 Å². The number of hydrogen-bond donors (Lipinski definition) is 2. The van der Waals surface area contributed by atoms with Gasteiger partial charge in [-0.25, -0.2) is 0 Å². The number of methoxy groups -OCH3 is 1. The zero-order valence-corrected chi connectivity index (χ0v) is 23.4. The molecule has 0 aliphatic carbocycles. The first-order valence-corrected chi connectivity index (χ1v) is 13.0. The van der Waals surface area contributed by atoms with Crippen molar-refractivity contribution in [1.82, 2.24) is 0 Å². The Balaban J connectivity index is 2.42. The fraction of sp³-hybridized carbons (Fsp3) is 0.438. The van der Waals surface area contributed by atoms with Crippen LogP contribution in [0.25, 0.3) is 0 Å². The first-order valence-electron chi connectivity index (χ1n) is 13.0. The molecule has 0 radical (unpaired) electrons. The van der Waals surface area contributed by atoms with E-state index in [1.807, 2.05) is 19.1 Å². The zero-order valence-electron chi connectivity index (χ0n) is 23.4. The first kappa shape index (κ1) is 28.5. The average Bonchev–Trinajstić information content (AvgIpc) is 2.87. The van der Waals surface area contributed by atoms with Gasteiger partial charge in [-0.05, 0) is 55.9 Å². The van der Waals surface area contributed by atoms with E-state index in [1.165, 1.54) is 0 Å². The Bertz CT molecular complexity index is 1180. The minimum atomic E-state index is -0.210. The van der Waals surface area contributed by atoms with Gasteiger partial charge in [-0.1, -0.05) is 68.3 Å². The van der Waals surface area contributed by atoms with E-state index in [1.54, 1.807) is 7.11 Å². The molecule has 0 aromatic heterocycles. The molecule has 0 heterocycles. The number of benzene rings is 3. The lowest BCUT2D eigenvalue weighted by Gasteiger charge is -2.31. The van der Waals surface area contributed by atoms with Crippen LogP contribution in [-0.4, -0.2) is 43.8 Å². The van der Waals surface area contributed by atoms with Crippen molar-refractivity contribution in [1.29, 1.82) is 0 Å². The summed E-state index contributed by atoms with van der Waals surface area (Å²) in [6, 6.07) is 16.8. The van der Waals surface area contributed by atoms with Crippen molar-refractivity contribution >= 4 is 0 Å². The van der Waals surface area contributed by atoms with Gasteiger partial charge in [0.15, 0.2) is 0 Å². The molecule has 1 atom stereocenters. The van der Waals surface area contributed by atoms with E-state index in [0.29, 0.717) is 0 Å². The highest BCUT2D eigenvalue weighted by atomic mass is 16.5. The second-order valence-electron chi connectivity index (χ2n) is 10.3. The number of aliphatic hydroxyl groups excluding tert-OH is 2. The SMILES string of the molecule is CCC(C)(C)c1cc(C)cc(C(c2ccc(OC)cc2)c2cc(C)cc(C)c2OCCO)c1OCCO. The molecule has 3 rings (SSSR count). The fourth-order valence-electron chi connectivity index (χ4n) is 4.89. The van der Waals surface area contributed by atoms with E-state index in [2.05, 4.69) is 71.0 Å². The van der Waals surface area contributed by atoms with Gasteiger partial charge in [0.05, 0.1) is 20.3 Å². The molecule has 1 unspecified atom stereocenters. The molecule has 5 nitrogen and oxygen atoms in total. The second-order valence-corrected chi connectivity index (χ2v) is 10.3. The van der Waals surface area contributed by atoms with Gasteiger partial charge in [-0.2, -0.15) is 0 Å². The lowest BCUT2D eigenvalue weighted by Crippen LogP contribution is -2.21. The van der Waals surface area contributed by atoms with E-state index in [4.69, 9.17) is 14.2 Å². The predicted molar refractivity (Wildman–Crippen MR) is 150 cm³/mol. The van der Waals surface area contributed by atoms with Gasteiger partial charge in [0.2, 0.25) is 0 Å². The molecule has 200 valence electrons. The molecular weight excluding hydrogens is 464 g/mol. The molecule has 0 aliphatic heterocycles. The molecule has 0 amide bonds. The number of aryl methyl sites for hydroxylation is 3. The largest absolute Gasteiger partial charge is 0.497 e. The van der Waals surface area contributed by atoms with Crippen LogP contribution in [0.5, 0.6) is 17.2 Å². The van der Waals surface area contributed by atoms with Crippen molar-refractivity contribution in [2.24, 2.45) is 0 Å². The summed E-state index contributed by atoms with van der Waals surface area (Å²) in [5.74, 6) is 2.15. The third kappa shape index (κ3) is 6.46. The zero-order chi connectivity index (χ0) is 27.2. The number of hydrogen-bond acceptors (Lipinski definition) is 5. The highest BCUT2D eigenvalue weighted by Gasteiger charge is 2.31. The Morgan fingerprint density at radius 3 is 1.86 bits per heavy atom. The normalized spacial score (nSPS) is 12.4. The van der Waals surface area contributed by atoms with Crippen LogP contribution in [0.1, 0.15) is 72.1 Å². The van der Waals surface area contributed by atoms with Gasteiger partial charge in [0, 0.05) is 22.6 Å². The quantitative estimate of drug-likeness (QED) is 0.285. The second kappa shape index (κ2) is 12.5. The topological polar surface area (TPSA) is 68.2 Å². The summed E-state index contributed by atoms with van der Waals surface area (Å²) in [6.07, 6.45) is 0.937. The molecular formula is C32H42O5. The van der Waals surface area contributed by atoms with Crippen LogP contribution < -0.4 is 14.2 Å². The number of rotatable bonds is 12. The Morgan fingerprint density at radius 1 is 0.784 bits per heavy atom. The van der Waals surface area contributed by atoms with Gasteiger partial charge in [0.1, 0.15) is 30.5 Å². The van der Waals surface area contributed by atoms with E-state index >= 15 is 0 Å². The smallest absolute Gasteiger partial charge is 0.127 e. The molecule has 0 aliphatic rings. The molecule has 0 fully saturated rings. The van der Waals surface area contributed by atoms with Crippen LogP contribution in [0, 0.1) is 20.8 Å². The molecule has 0 saturated heterocycles. The Morgan fingerprint density at radius 2 is 1.32 bits per heavy atom. The van der Waals surface area contributed by atoms with Gasteiger partial charge in [0.25, 0.3) is 0 Å². The van der Waals surface area contributed by atoms with E-state index < -0.39 is 0 Å². The van der Waals surface area contributed by atoms with Gasteiger partial charge in [-0.3, -0.25) is 0 Å². The van der Waals surface area contributed by atoms with Crippen LogP contribution in [0.15, 0.2) is 48.5 Å². The van der Waals surface area contributed by atoms with Crippen LogP contribution in [0.3, 0.4) is 0 Å². The summed E-state index contributed by atoms with van der Waals surface area (Å²) < 4.78 is 18.0. The Kier molecular flexibility index (Phi) is 9.63. The van der Waals surface area contributed by atoms with Gasteiger partial charge >= 0.3 is 0 Å². The molecule has 2 N–H and O–H groups in total. The average molecular weight is 507 g/mol. The van der Waals surface area contributed by atoms with Gasteiger partial charge < -0.3 is 24.4 Å². The molecule has 37 heavy (non-hydrogen) atoms. The summed E-state index contributed by atoms with van der Waals surface area (Å²) in [7, 11) is 1.66. The molecule has 5 heteroatoms. The van der Waals surface area contributed by atoms with Crippen molar-refractivity contribution in [2.45, 2.75) is 59.3 Å². The minimum Gasteiger partial charge on any atom is -0.497 e. The van der Waals surface area contributed by atoms with Crippen molar-refractivity contribution in [3.8, 4) is 17.2 Å². The maximum atomic E-state index is 9.69. The van der Waals surface area contributed by atoms with Crippen molar-refractivity contribution in [3.05, 3.63) is 87.5 Å². The standard InChI is InChI=1S/C32H42O5/c1-8-32(5,6)28-20-22(3)19-27(31(28)37-16-14-34)29(24-9-11-25(35-7)12-10-24)26-18-21(2)17-23(4)30(26)36-15-13-33/h9-12,17-20,29,33-34H,8,13-16H2,1-7H3. The molecule has 0 spiro atoms. The summed E-state index contributed by atoms with van der Waals surface area (Å²) in [5.41, 5.74) is 7.38. The minimum absolute atomic E-state index is 0.0654. The van der Waals surface area contributed by atoms with Crippen molar-refractivity contribution in [3.63, 3.8) is 0 Å². The van der Waals surface area contributed by atoms with Crippen molar-refractivity contribution in [2.75, 3.05) is 33.5 Å². The highest BCUT2D eigenvalue weighted by Crippen LogP contribution is 2.47. The summed E-state index contributed by atoms with van der Waals surface area (Å²) >= 11 is 0. The van der Waals surface area contributed by atoms with E-state index in [9.17, 15) is 10.2 Å². The number of aliphatic hydroxyl groups is 2. The van der Waals surface area contributed by atoms with E-state index in [0.717, 1.165) is 62.6 Å². The van der Waals surface area contributed by atoms with Crippen LogP contribution in [0.4, 0.5) is 0 Å². The van der Waals surface area contributed by atoms with Crippen LogP contribution in [-0.2, 0) is 5.41 Å². The number of ether oxygens (including phenoxy) is 3. The maximum absolute atomic E-state index is 9.69. The fourth-order valence-corrected chi connectivity index (χ4v) is 4.89. The van der Waals surface area contributed by atoms with Crippen molar-refractivity contribution < 1.29 is 24.4 Å². The monoisotopic (exact) mass is 506 g/mol. The molecule has 3 aromatic rings. The predicted octanol–water partition coefficient (Wildman–Crippen LogP) is 6.23. The molecule has 0 bridgehead atoms. The van der Waals surface area contributed by atoms with E-state index in [-0.39, 0.29) is 37.8 Å². The maximum Gasteiger partial charge on any atom is 0.127 e. The first-order chi connectivity index (χ1) is 17.7. The lowest BCUT2D eigenvalue weighted by molar-refractivity contribution is 0.196. The Hall–Kier alpha value is -3.02. The van der Waals surface area contributed by atoms with Crippen LogP contribution in [0.2, 0.25) is 0 Å². The summed E-state index contributed by atoms with van der Waals surface area (Å²) in [4.78, 5) is 0. The summed E-state index contributed by atoms with van der Waals surface area (Å²) in [6.45, 7) is 13.2. The third-order valence-corrected chi connectivity index (χ3v) is 7.07. The third-order valence-electron chi connectivity index (χ3n) is 7.07. The highest BCUT2D eigenvalue weighted by molar-refractivity contribution is 5.60. The molecule has 0 saturated carbocycles. The van der Waals surface area contributed by atoms with Crippen LogP contribution >= 0.6 is 0 Å².